The van der Waals surface area contributed by atoms with Gasteiger partial charge in [-0.3, -0.25) is 4.79 Å². The van der Waals surface area contributed by atoms with Gasteiger partial charge in [0.15, 0.2) is 0 Å². The number of cyclic esters (lactones) is 1. The molecule has 1 amide bonds. The number of carbonyl (C=O) groups is 2. The zero-order chi connectivity index (χ0) is 13.9. The van der Waals surface area contributed by atoms with E-state index in [2.05, 4.69) is 21.2 Å². The van der Waals surface area contributed by atoms with Crippen LogP contribution >= 0.6 is 15.9 Å². The fraction of sp³-hybridized carbons (Fsp3) is 0.429. The van der Waals surface area contributed by atoms with Gasteiger partial charge in [0.2, 0.25) is 0 Å². The predicted molar refractivity (Wildman–Crippen MR) is 72.8 cm³/mol. The quantitative estimate of drug-likeness (QED) is 0.787. The first-order chi connectivity index (χ1) is 9.58. The molecule has 2 bridgehead atoms. The van der Waals surface area contributed by atoms with Crippen LogP contribution in [0.2, 0.25) is 0 Å². The summed E-state index contributed by atoms with van der Waals surface area (Å²) < 4.78 is 12.0. The summed E-state index contributed by atoms with van der Waals surface area (Å²) >= 11 is 3.45. The first-order valence-electron chi connectivity index (χ1n) is 6.51. The lowest BCUT2D eigenvalue weighted by molar-refractivity contribution is -0.127. The molecule has 20 heavy (non-hydrogen) atoms. The van der Waals surface area contributed by atoms with Gasteiger partial charge in [0, 0.05) is 28.8 Å². The van der Waals surface area contributed by atoms with Crippen LogP contribution in [0.15, 0.2) is 22.7 Å². The number of alkyl carbamates (subject to hydrolysis) is 1. The second kappa shape index (κ2) is 3.97. The molecule has 104 valence electrons. The van der Waals surface area contributed by atoms with E-state index in [1.54, 1.807) is 0 Å². The van der Waals surface area contributed by atoms with Crippen molar-refractivity contribution in [2.24, 2.45) is 0 Å². The predicted octanol–water partition coefficient (Wildman–Crippen LogP) is 2.14. The average molecular weight is 338 g/mol. The van der Waals surface area contributed by atoms with Gasteiger partial charge in [-0.2, -0.15) is 0 Å². The van der Waals surface area contributed by atoms with Crippen molar-refractivity contribution in [1.82, 2.24) is 5.32 Å². The highest BCUT2D eigenvalue weighted by molar-refractivity contribution is 9.10. The maximum Gasteiger partial charge on any atom is 0.407 e. The highest BCUT2D eigenvalue weighted by Crippen LogP contribution is 2.50. The number of ketones is 1. The van der Waals surface area contributed by atoms with Crippen molar-refractivity contribution in [3.8, 4) is 5.75 Å². The minimum Gasteiger partial charge on any atom is -0.487 e. The van der Waals surface area contributed by atoms with Crippen LogP contribution < -0.4 is 10.1 Å². The van der Waals surface area contributed by atoms with E-state index in [0.717, 1.165) is 15.8 Å². The van der Waals surface area contributed by atoms with E-state index in [9.17, 15) is 9.59 Å². The Balaban J connectivity index is 1.88. The van der Waals surface area contributed by atoms with Crippen LogP contribution in [-0.2, 0) is 9.53 Å². The number of amides is 1. The molecule has 3 aliphatic rings. The normalized spacial score (nSPS) is 34.2. The summed E-state index contributed by atoms with van der Waals surface area (Å²) in [7, 11) is 0. The molecule has 1 aromatic carbocycles. The van der Waals surface area contributed by atoms with Gasteiger partial charge in [0.25, 0.3) is 0 Å². The van der Waals surface area contributed by atoms with E-state index in [1.165, 1.54) is 0 Å². The Kier molecular flexibility index (Phi) is 2.42. The maximum absolute atomic E-state index is 11.9. The summed E-state index contributed by atoms with van der Waals surface area (Å²) in [6.07, 6.45) is -0.0620. The van der Waals surface area contributed by atoms with Gasteiger partial charge in [-0.1, -0.05) is 15.9 Å². The van der Waals surface area contributed by atoms with Gasteiger partial charge in [-0.15, -0.1) is 0 Å². The molecule has 4 rings (SSSR count). The van der Waals surface area contributed by atoms with Gasteiger partial charge in [0.05, 0.1) is 0 Å². The third-order valence-corrected chi connectivity index (χ3v) is 4.93. The van der Waals surface area contributed by atoms with E-state index < -0.39 is 11.6 Å². The highest BCUT2D eigenvalue weighted by Gasteiger charge is 2.60. The molecule has 2 heterocycles. The van der Waals surface area contributed by atoms with Crippen molar-refractivity contribution in [3.63, 3.8) is 0 Å². The van der Waals surface area contributed by atoms with E-state index in [-0.39, 0.29) is 24.4 Å². The van der Waals surface area contributed by atoms with E-state index in [4.69, 9.17) is 9.47 Å². The first kappa shape index (κ1) is 12.2. The fourth-order valence-corrected chi connectivity index (χ4v) is 3.88. The third kappa shape index (κ3) is 1.54. The van der Waals surface area contributed by atoms with Gasteiger partial charge in [0.1, 0.15) is 29.8 Å². The Hall–Kier alpha value is -1.56. The van der Waals surface area contributed by atoms with Crippen molar-refractivity contribution in [2.45, 2.75) is 30.4 Å². The van der Waals surface area contributed by atoms with E-state index >= 15 is 0 Å². The van der Waals surface area contributed by atoms with Crippen LogP contribution in [0.3, 0.4) is 0 Å². The largest absolute Gasteiger partial charge is 0.487 e. The lowest BCUT2D eigenvalue weighted by atomic mass is 9.66. The molecule has 0 unspecified atom stereocenters. The molecule has 0 aromatic heterocycles. The second-order valence-corrected chi connectivity index (χ2v) is 6.45. The average Bonchev–Trinajstić information content (AvgIpc) is 2.76. The summed E-state index contributed by atoms with van der Waals surface area (Å²) in [5.41, 5.74) is 0.341. The standard InChI is InChI=1S/C14H12BrNO4/c15-7-1-2-11-9(3-7)10-4-8(17)5-12(20-11)14(10)6-19-13(18)16-14/h1-3,10,12H,4-6H2,(H,16,18)/t10-,12-,14-/m1/s1. The third-order valence-electron chi connectivity index (χ3n) is 4.43. The highest BCUT2D eigenvalue weighted by atomic mass is 79.9. The van der Waals surface area contributed by atoms with E-state index in [1.807, 2.05) is 18.2 Å². The lowest BCUT2D eigenvalue weighted by Crippen LogP contribution is -2.64. The van der Waals surface area contributed by atoms with Gasteiger partial charge in [-0.05, 0) is 18.2 Å². The number of hydrogen-bond acceptors (Lipinski definition) is 4. The smallest absolute Gasteiger partial charge is 0.407 e. The molecule has 5 nitrogen and oxygen atoms in total. The minimum atomic E-state index is -0.612. The SMILES string of the molecule is O=C1C[C@@H]2c3cc(Br)ccc3O[C@H](C1)[C@@]21COC(=O)N1. The van der Waals surface area contributed by atoms with Crippen molar-refractivity contribution < 1.29 is 19.1 Å². The van der Waals surface area contributed by atoms with Crippen molar-refractivity contribution in [2.75, 3.05) is 6.61 Å². The van der Waals surface area contributed by atoms with Crippen LogP contribution in [0, 0.1) is 0 Å². The molecular formula is C14H12BrNO4. The molecule has 1 N–H and O–H groups in total. The Bertz CT molecular complexity index is 632. The molecule has 3 atom stereocenters. The number of halogens is 1. The number of fused-ring (bicyclic) bond motifs is 2. The van der Waals surface area contributed by atoms with Gasteiger partial charge in [-0.25, -0.2) is 4.79 Å². The summed E-state index contributed by atoms with van der Waals surface area (Å²) in [5, 5.41) is 2.90. The van der Waals surface area contributed by atoms with Gasteiger partial charge < -0.3 is 14.8 Å². The Labute approximate surface area is 123 Å². The minimum absolute atomic E-state index is 0.0959. The zero-order valence-electron chi connectivity index (χ0n) is 10.5. The summed E-state index contributed by atoms with van der Waals surface area (Å²) in [4.78, 5) is 23.5. The molecule has 1 aliphatic carbocycles. The molecular weight excluding hydrogens is 326 g/mol. The van der Waals surface area contributed by atoms with Crippen LogP contribution in [0.5, 0.6) is 5.75 Å². The van der Waals surface area contributed by atoms with Crippen molar-refractivity contribution in [1.29, 1.82) is 0 Å². The lowest BCUT2D eigenvalue weighted by Gasteiger charge is -2.48. The number of hydrogen-bond donors (Lipinski definition) is 1. The summed E-state index contributed by atoms with van der Waals surface area (Å²) in [5.74, 6) is 0.862. The molecule has 1 saturated heterocycles. The van der Waals surface area contributed by atoms with Crippen molar-refractivity contribution >= 4 is 27.8 Å². The van der Waals surface area contributed by atoms with Crippen LogP contribution in [0.4, 0.5) is 4.79 Å². The Morgan fingerprint density at radius 1 is 1.30 bits per heavy atom. The summed E-state index contributed by atoms with van der Waals surface area (Å²) in [6.45, 7) is 0.250. The number of nitrogens with one attached hydrogen (secondary N) is 1. The number of rotatable bonds is 0. The molecule has 2 aliphatic heterocycles. The number of benzene rings is 1. The Morgan fingerprint density at radius 3 is 2.90 bits per heavy atom. The first-order valence-corrected chi connectivity index (χ1v) is 7.30. The fourth-order valence-electron chi connectivity index (χ4n) is 3.50. The molecule has 0 radical (unpaired) electrons. The van der Waals surface area contributed by atoms with Gasteiger partial charge >= 0.3 is 6.09 Å². The van der Waals surface area contributed by atoms with Crippen LogP contribution in [0.1, 0.15) is 24.3 Å². The number of ether oxygens (including phenoxy) is 2. The maximum atomic E-state index is 11.9. The molecule has 6 heteroatoms. The zero-order valence-corrected chi connectivity index (χ0v) is 12.1. The Morgan fingerprint density at radius 2 is 2.15 bits per heavy atom. The molecule has 1 spiro atoms. The monoisotopic (exact) mass is 337 g/mol. The molecule has 1 aromatic rings. The van der Waals surface area contributed by atoms with E-state index in [0.29, 0.717) is 12.8 Å². The molecule has 1 saturated carbocycles. The van der Waals surface area contributed by atoms with Crippen LogP contribution in [-0.4, -0.2) is 30.1 Å². The second-order valence-electron chi connectivity index (χ2n) is 5.53. The summed E-state index contributed by atoms with van der Waals surface area (Å²) in [6, 6.07) is 5.78. The number of Topliss-reactive ketones (excluding diaryl/α,β-unsaturated/α-hetero) is 1. The number of carbonyl (C=O) groups excluding carboxylic acids is 2. The molecule has 2 fully saturated rings. The van der Waals surface area contributed by atoms with Crippen LogP contribution in [0.25, 0.3) is 0 Å². The topological polar surface area (TPSA) is 64.6 Å². The van der Waals surface area contributed by atoms with Crippen molar-refractivity contribution in [3.05, 3.63) is 28.2 Å².